The first-order valence-corrected chi connectivity index (χ1v) is 18.8. The number of hydrogen-bond donors (Lipinski definition) is 0. The Balaban J connectivity index is 1.04. The molecule has 0 aliphatic heterocycles. The number of rotatable bonds is 7. The second-order valence-electron chi connectivity index (χ2n) is 14.1. The highest BCUT2D eigenvalue weighted by atomic mass is 15.1. The molecule has 1 aliphatic rings. The van der Waals surface area contributed by atoms with E-state index >= 15 is 0 Å². The summed E-state index contributed by atoms with van der Waals surface area (Å²) in [5, 5.41) is 7.55. The van der Waals surface area contributed by atoms with Crippen molar-refractivity contribution < 1.29 is 0 Å². The average Bonchev–Trinajstić information content (AvgIpc) is 3.25. The number of allylic oxidation sites excluding steroid dienone is 1. The van der Waals surface area contributed by atoms with Gasteiger partial charge in [0.25, 0.3) is 0 Å². The van der Waals surface area contributed by atoms with Crippen molar-refractivity contribution in [1.82, 2.24) is 0 Å². The van der Waals surface area contributed by atoms with E-state index in [0.29, 0.717) is 0 Å². The normalized spacial score (nSPS) is 12.2. The van der Waals surface area contributed by atoms with Crippen molar-refractivity contribution >= 4 is 72.5 Å². The van der Waals surface area contributed by atoms with Gasteiger partial charge in [0.05, 0.1) is 11.4 Å². The monoisotopic (exact) mass is 690 g/mol. The van der Waals surface area contributed by atoms with E-state index in [2.05, 4.69) is 216 Å². The SMILES string of the molecule is C1=Cc2c(cc(N(c3ccccc3)c3ccc(-c4ccc(N(c5ccccc5)c5cc6ccccc6c6ccccc56)cc4)cc3)c3ccccc23)CC1. The van der Waals surface area contributed by atoms with E-state index in [1.807, 2.05) is 0 Å². The molecule has 0 saturated carbocycles. The highest BCUT2D eigenvalue weighted by Gasteiger charge is 2.20. The van der Waals surface area contributed by atoms with Crippen LogP contribution >= 0.6 is 0 Å². The van der Waals surface area contributed by atoms with E-state index in [1.165, 1.54) is 65.9 Å². The molecule has 0 amide bonds. The molecular formula is C52H38N2. The Labute approximate surface area is 316 Å². The third kappa shape index (κ3) is 5.60. The minimum atomic E-state index is 1.06. The smallest absolute Gasteiger partial charge is 0.0546 e. The molecule has 2 heteroatoms. The van der Waals surface area contributed by atoms with Crippen molar-refractivity contribution in [2.45, 2.75) is 12.8 Å². The first-order valence-electron chi connectivity index (χ1n) is 18.8. The van der Waals surface area contributed by atoms with E-state index < -0.39 is 0 Å². The summed E-state index contributed by atoms with van der Waals surface area (Å²) < 4.78 is 0. The second kappa shape index (κ2) is 13.6. The van der Waals surface area contributed by atoms with Crippen molar-refractivity contribution in [2.24, 2.45) is 0 Å². The van der Waals surface area contributed by atoms with Gasteiger partial charge in [0.2, 0.25) is 0 Å². The predicted molar refractivity (Wildman–Crippen MR) is 231 cm³/mol. The van der Waals surface area contributed by atoms with Gasteiger partial charge in [0, 0.05) is 33.5 Å². The van der Waals surface area contributed by atoms with Crippen LogP contribution in [0.2, 0.25) is 0 Å². The molecule has 0 spiro atoms. The zero-order chi connectivity index (χ0) is 35.8. The van der Waals surface area contributed by atoms with Crippen molar-refractivity contribution in [2.75, 3.05) is 9.80 Å². The number of aryl methyl sites for hydroxylation is 1. The number of hydrogen-bond acceptors (Lipinski definition) is 2. The Morgan fingerprint density at radius 3 is 1.39 bits per heavy atom. The van der Waals surface area contributed by atoms with E-state index in [9.17, 15) is 0 Å². The number of benzene rings is 9. The molecular weight excluding hydrogens is 653 g/mol. The standard InChI is InChI=1S/C52H38N2/c1-3-17-41(18-4-1)53(51-35-39-15-7-9-21-45(39)47-23-11-13-25-49(47)51)43-31-27-37(28-32-43)38-29-33-44(34-30-38)54(42-19-5-2-6-20-42)52-36-40-16-8-10-22-46(40)48-24-12-14-26-50(48)52/h1-7,9-15,17-36H,8,16H2. The topological polar surface area (TPSA) is 6.48 Å². The van der Waals surface area contributed by atoms with Gasteiger partial charge in [-0.15, -0.1) is 0 Å². The summed E-state index contributed by atoms with van der Waals surface area (Å²) in [6, 6.07) is 70.5. The van der Waals surface area contributed by atoms with Crippen LogP contribution in [0.1, 0.15) is 17.5 Å². The Bertz CT molecular complexity index is 2800. The number of anilines is 6. The molecule has 0 saturated heterocycles. The van der Waals surface area contributed by atoms with Crippen LogP contribution in [-0.2, 0) is 6.42 Å². The van der Waals surface area contributed by atoms with Crippen LogP contribution in [-0.4, -0.2) is 0 Å². The van der Waals surface area contributed by atoms with Gasteiger partial charge in [0.15, 0.2) is 0 Å². The fourth-order valence-electron chi connectivity index (χ4n) is 8.30. The summed E-state index contributed by atoms with van der Waals surface area (Å²) in [6.07, 6.45) is 6.74. The van der Waals surface area contributed by atoms with Crippen LogP contribution in [0.25, 0.3) is 49.5 Å². The molecule has 0 radical (unpaired) electrons. The van der Waals surface area contributed by atoms with Crippen LogP contribution in [0.4, 0.5) is 34.1 Å². The van der Waals surface area contributed by atoms with Gasteiger partial charge in [-0.05, 0) is 117 Å². The van der Waals surface area contributed by atoms with Gasteiger partial charge >= 0.3 is 0 Å². The molecule has 0 aromatic heterocycles. The second-order valence-corrected chi connectivity index (χ2v) is 14.1. The van der Waals surface area contributed by atoms with Crippen molar-refractivity contribution in [1.29, 1.82) is 0 Å². The van der Waals surface area contributed by atoms with Crippen LogP contribution in [0, 0.1) is 0 Å². The number of fused-ring (bicyclic) bond motifs is 6. The van der Waals surface area contributed by atoms with Crippen LogP contribution in [0.15, 0.2) is 200 Å². The molecule has 0 atom stereocenters. The first-order chi connectivity index (χ1) is 26.8. The molecule has 0 unspecified atom stereocenters. The van der Waals surface area contributed by atoms with E-state index in [4.69, 9.17) is 0 Å². The minimum Gasteiger partial charge on any atom is -0.310 e. The van der Waals surface area contributed by atoms with Gasteiger partial charge in [0.1, 0.15) is 0 Å². The average molecular weight is 691 g/mol. The summed E-state index contributed by atoms with van der Waals surface area (Å²) in [7, 11) is 0. The molecule has 0 fully saturated rings. The molecule has 10 rings (SSSR count). The fourth-order valence-corrected chi connectivity index (χ4v) is 8.30. The molecule has 0 bridgehead atoms. The maximum absolute atomic E-state index is 2.42. The summed E-state index contributed by atoms with van der Waals surface area (Å²) in [6.45, 7) is 0. The van der Waals surface area contributed by atoms with Crippen LogP contribution in [0.5, 0.6) is 0 Å². The Morgan fingerprint density at radius 1 is 0.352 bits per heavy atom. The summed E-state index contributed by atoms with van der Waals surface area (Å²) in [5.41, 5.74) is 12.0. The van der Waals surface area contributed by atoms with Crippen molar-refractivity contribution in [3.8, 4) is 11.1 Å². The zero-order valence-electron chi connectivity index (χ0n) is 29.9. The van der Waals surface area contributed by atoms with E-state index in [0.717, 1.165) is 35.6 Å². The first kappa shape index (κ1) is 31.8. The van der Waals surface area contributed by atoms with Crippen LogP contribution in [0.3, 0.4) is 0 Å². The molecule has 9 aromatic carbocycles. The number of para-hydroxylation sites is 2. The molecule has 1 aliphatic carbocycles. The minimum absolute atomic E-state index is 1.06. The molecule has 2 nitrogen and oxygen atoms in total. The van der Waals surface area contributed by atoms with E-state index in [-0.39, 0.29) is 0 Å². The van der Waals surface area contributed by atoms with Gasteiger partial charge in [-0.3, -0.25) is 0 Å². The van der Waals surface area contributed by atoms with Gasteiger partial charge < -0.3 is 9.80 Å². The molecule has 0 N–H and O–H groups in total. The Kier molecular flexibility index (Phi) is 8.00. The lowest BCUT2D eigenvalue weighted by molar-refractivity contribution is 0.989. The fraction of sp³-hybridized carbons (Fsp3) is 0.0385. The summed E-state index contributed by atoms with van der Waals surface area (Å²) in [4.78, 5) is 4.80. The summed E-state index contributed by atoms with van der Waals surface area (Å²) in [5.74, 6) is 0. The maximum Gasteiger partial charge on any atom is 0.0546 e. The van der Waals surface area contributed by atoms with Crippen molar-refractivity contribution in [3.63, 3.8) is 0 Å². The molecule has 9 aromatic rings. The lowest BCUT2D eigenvalue weighted by atomic mass is 9.90. The Morgan fingerprint density at radius 2 is 0.796 bits per heavy atom. The van der Waals surface area contributed by atoms with E-state index in [1.54, 1.807) is 0 Å². The van der Waals surface area contributed by atoms with Crippen LogP contribution < -0.4 is 9.80 Å². The number of nitrogens with zero attached hydrogens (tertiary/aromatic N) is 2. The third-order valence-corrected chi connectivity index (χ3v) is 10.9. The zero-order valence-corrected chi connectivity index (χ0v) is 29.9. The Hall–Kier alpha value is -6.90. The maximum atomic E-state index is 2.42. The molecule has 0 heterocycles. The highest BCUT2D eigenvalue weighted by molar-refractivity contribution is 6.14. The lowest BCUT2D eigenvalue weighted by Crippen LogP contribution is -2.12. The lowest BCUT2D eigenvalue weighted by Gasteiger charge is -2.29. The van der Waals surface area contributed by atoms with Gasteiger partial charge in [-0.1, -0.05) is 146 Å². The third-order valence-electron chi connectivity index (χ3n) is 10.9. The largest absolute Gasteiger partial charge is 0.310 e. The predicted octanol–water partition coefficient (Wildman–Crippen LogP) is 14.7. The highest BCUT2D eigenvalue weighted by Crippen LogP contribution is 2.44. The van der Waals surface area contributed by atoms with Gasteiger partial charge in [-0.2, -0.15) is 0 Å². The van der Waals surface area contributed by atoms with Gasteiger partial charge in [-0.25, -0.2) is 0 Å². The summed E-state index contributed by atoms with van der Waals surface area (Å²) >= 11 is 0. The van der Waals surface area contributed by atoms with Crippen molar-refractivity contribution in [3.05, 3.63) is 211 Å². The molecule has 54 heavy (non-hydrogen) atoms. The quantitative estimate of drug-likeness (QED) is 0.154. The molecule has 256 valence electrons.